The maximum absolute atomic E-state index is 13.3. The number of pyridine rings is 1. The molecule has 0 radical (unpaired) electrons. The molecule has 2 aliphatic rings. The number of nitrogens with zero attached hydrogens (tertiary/aromatic N) is 5. The van der Waals surface area contributed by atoms with E-state index in [1.54, 1.807) is 12.3 Å². The van der Waals surface area contributed by atoms with Crippen molar-refractivity contribution in [3.63, 3.8) is 0 Å². The minimum atomic E-state index is -0.494. The highest BCUT2D eigenvalue weighted by atomic mass is 16.5. The number of ether oxygens (including phenoxy) is 1. The molecule has 0 unspecified atom stereocenters. The molecule has 6 rings (SSSR count). The van der Waals surface area contributed by atoms with Gasteiger partial charge in [0.2, 0.25) is 5.95 Å². The van der Waals surface area contributed by atoms with Gasteiger partial charge in [0.15, 0.2) is 0 Å². The van der Waals surface area contributed by atoms with Gasteiger partial charge < -0.3 is 25.0 Å². The number of hydrogen-bond acceptors (Lipinski definition) is 8. The molecule has 9 heteroatoms. The molecule has 2 N–H and O–H groups in total. The number of morpholine rings is 1. The molecule has 39 heavy (non-hydrogen) atoms. The summed E-state index contributed by atoms with van der Waals surface area (Å²) >= 11 is 0. The van der Waals surface area contributed by atoms with Crippen molar-refractivity contribution in [2.45, 2.75) is 12.5 Å². The van der Waals surface area contributed by atoms with Crippen LogP contribution in [-0.4, -0.2) is 65.4 Å². The van der Waals surface area contributed by atoms with E-state index < -0.39 is 6.04 Å². The van der Waals surface area contributed by atoms with Gasteiger partial charge in [-0.25, -0.2) is 4.98 Å². The lowest BCUT2D eigenvalue weighted by Crippen LogP contribution is -2.37. The summed E-state index contributed by atoms with van der Waals surface area (Å²) in [5.74, 6) is 1.27. The number of carbonyl (C=O) groups excluding carboxylic acids is 1. The van der Waals surface area contributed by atoms with Crippen molar-refractivity contribution in [3.05, 3.63) is 95.8 Å². The summed E-state index contributed by atoms with van der Waals surface area (Å²) in [6.07, 6.45) is 4.39. The van der Waals surface area contributed by atoms with E-state index in [-0.39, 0.29) is 12.5 Å². The van der Waals surface area contributed by atoms with Crippen LogP contribution in [-0.2, 0) is 11.2 Å². The van der Waals surface area contributed by atoms with E-state index in [1.807, 2.05) is 66.9 Å². The van der Waals surface area contributed by atoms with Crippen LogP contribution in [0.15, 0.2) is 79.1 Å². The van der Waals surface area contributed by atoms with E-state index in [4.69, 9.17) is 14.7 Å². The Bertz CT molecular complexity index is 1440. The summed E-state index contributed by atoms with van der Waals surface area (Å²) in [5, 5.41) is 12.9. The van der Waals surface area contributed by atoms with Gasteiger partial charge in [0.25, 0.3) is 5.91 Å². The standard InChI is InChI=1S/C30H30N6O3/c37-20-26(21-6-2-1-3-7-21)32-29(38)23-9-4-8-22(18-23)27-25-11-13-36(24-10-5-12-31-19-24)28(25)34-30(33-27)35-14-16-39-17-15-35/h1-10,12,18-19,26,37H,11,13-17,20H2,(H,32,38)/t26-/m1/s1. The zero-order valence-electron chi connectivity index (χ0n) is 21.5. The Kier molecular flexibility index (Phi) is 7.16. The van der Waals surface area contributed by atoms with Crippen LogP contribution in [0.25, 0.3) is 11.3 Å². The first-order valence-corrected chi connectivity index (χ1v) is 13.2. The van der Waals surface area contributed by atoms with Crippen LogP contribution >= 0.6 is 0 Å². The molecule has 198 valence electrons. The van der Waals surface area contributed by atoms with Crippen LogP contribution < -0.4 is 15.1 Å². The van der Waals surface area contributed by atoms with Crippen molar-refractivity contribution < 1.29 is 14.6 Å². The summed E-state index contributed by atoms with van der Waals surface area (Å²) in [4.78, 5) is 31.9. The number of rotatable bonds is 7. The highest BCUT2D eigenvalue weighted by Crippen LogP contribution is 2.39. The Morgan fingerprint density at radius 2 is 1.85 bits per heavy atom. The van der Waals surface area contributed by atoms with Gasteiger partial charge in [0, 0.05) is 42.5 Å². The SMILES string of the molecule is O=C(N[C@H](CO)c1ccccc1)c1cccc(-c2nc(N3CCOCC3)nc3c2CCN3c2cccnc2)c1. The summed E-state index contributed by atoms with van der Waals surface area (Å²) in [6.45, 7) is 3.27. The monoisotopic (exact) mass is 522 g/mol. The molecule has 0 aliphatic carbocycles. The van der Waals surface area contributed by atoms with Gasteiger partial charge in [0.05, 0.1) is 43.4 Å². The average molecular weight is 523 g/mol. The molecule has 4 aromatic rings. The fraction of sp³-hybridized carbons (Fsp3) is 0.267. The normalized spacial score (nSPS) is 15.6. The van der Waals surface area contributed by atoms with Crippen molar-refractivity contribution in [3.8, 4) is 11.3 Å². The molecule has 1 fully saturated rings. The second-order valence-electron chi connectivity index (χ2n) is 9.59. The number of aliphatic hydroxyl groups excluding tert-OH is 1. The molecule has 4 heterocycles. The van der Waals surface area contributed by atoms with E-state index in [0.29, 0.717) is 24.7 Å². The number of hydrogen-bond donors (Lipinski definition) is 2. The highest BCUT2D eigenvalue weighted by molar-refractivity contribution is 5.96. The van der Waals surface area contributed by atoms with E-state index in [0.717, 1.165) is 59.9 Å². The number of aliphatic hydroxyl groups is 1. The molecule has 1 atom stereocenters. The minimum absolute atomic E-state index is 0.193. The third-order valence-corrected chi connectivity index (χ3v) is 7.15. The highest BCUT2D eigenvalue weighted by Gasteiger charge is 2.29. The lowest BCUT2D eigenvalue weighted by Gasteiger charge is -2.28. The predicted molar refractivity (Wildman–Crippen MR) is 149 cm³/mol. The lowest BCUT2D eigenvalue weighted by atomic mass is 10.0. The molecule has 2 aromatic heterocycles. The first-order valence-electron chi connectivity index (χ1n) is 13.2. The van der Waals surface area contributed by atoms with Gasteiger partial charge in [-0.15, -0.1) is 0 Å². The third-order valence-electron chi connectivity index (χ3n) is 7.15. The quantitative estimate of drug-likeness (QED) is 0.380. The van der Waals surface area contributed by atoms with E-state index in [2.05, 4.69) is 20.1 Å². The maximum Gasteiger partial charge on any atom is 0.251 e. The van der Waals surface area contributed by atoms with Crippen LogP contribution in [0, 0.1) is 0 Å². The largest absolute Gasteiger partial charge is 0.394 e. The number of nitrogens with one attached hydrogen (secondary N) is 1. The number of anilines is 3. The van der Waals surface area contributed by atoms with Crippen LogP contribution in [0.3, 0.4) is 0 Å². The van der Waals surface area contributed by atoms with Crippen molar-refractivity contribution in [2.24, 2.45) is 0 Å². The molecule has 1 amide bonds. The molecule has 0 saturated carbocycles. The molecule has 2 aromatic carbocycles. The van der Waals surface area contributed by atoms with Gasteiger partial charge in [-0.2, -0.15) is 4.98 Å². The topological polar surface area (TPSA) is 104 Å². The molecule has 0 bridgehead atoms. The predicted octanol–water partition coefficient (Wildman–Crippen LogP) is 3.53. The number of aromatic nitrogens is 3. The van der Waals surface area contributed by atoms with Crippen LogP contribution in [0.1, 0.15) is 27.5 Å². The Morgan fingerprint density at radius 1 is 1.00 bits per heavy atom. The Labute approximate surface area is 227 Å². The Balaban J connectivity index is 1.36. The van der Waals surface area contributed by atoms with Crippen LogP contribution in [0.5, 0.6) is 0 Å². The van der Waals surface area contributed by atoms with Gasteiger partial charge >= 0.3 is 0 Å². The number of benzene rings is 2. The fourth-order valence-electron chi connectivity index (χ4n) is 5.12. The second-order valence-corrected chi connectivity index (χ2v) is 9.59. The molecule has 0 spiro atoms. The molecular formula is C30H30N6O3. The average Bonchev–Trinajstić information content (AvgIpc) is 3.45. The van der Waals surface area contributed by atoms with E-state index in [9.17, 15) is 9.90 Å². The molecule has 1 saturated heterocycles. The van der Waals surface area contributed by atoms with Gasteiger partial charge in [-0.1, -0.05) is 42.5 Å². The minimum Gasteiger partial charge on any atom is -0.394 e. The zero-order valence-corrected chi connectivity index (χ0v) is 21.5. The summed E-state index contributed by atoms with van der Waals surface area (Å²) in [5.41, 5.74) is 5.06. The van der Waals surface area contributed by atoms with Gasteiger partial charge in [0.1, 0.15) is 5.82 Å². The van der Waals surface area contributed by atoms with Gasteiger partial charge in [-0.05, 0) is 36.2 Å². The second kappa shape index (κ2) is 11.2. The summed E-state index contributed by atoms with van der Waals surface area (Å²) in [6, 6.07) is 20.4. The van der Waals surface area contributed by atoms with Crippen molar-refractivity contribution in [1.29, 1.82) is 0 Å². The molecular weight excluding hydrogens is 492 g/mol. The van der Waals surface area contributed by atoms with Crippen molar-refractivity contribution in [2.75, 3.05) is 49.3 Å². The van der Waals surface area contributed by atoms with Crippen LogP contribution in [0.4, 0.5) is 17.5 Å². The smallest absolute Gasteiger partial charge is 0.251 e. The Morgan fingerprint density at radius 3 is 2.62 bits per heavy atom. The number of amides is 1. The first kappa shape index (κ1) is 25.0. The van der Waals surface area contributed by atoms with Crippen LogP contribution in [0.2, 0.25) is 0 Å². The van der Waals surface area contributed by atoms with Gasteiger partial charge in [-0.3, -0.25) is 9.78 Å². The molecule has 9 nitrogen and oxygen atoms in total. The fourth-order valence-corrected chi connectivity index (χ4v) is 5.12. The third kappa shape index (κ3) is 5.19. The zero-order chi connectivity index (χ0) is 26.6. The van der Waals surface area contributed by atoms with E-state index in [1.165, 1.54) is 0 Å². The Hall–Kier alpha value is -4.34. The van der Waals surface area contributed by atoms with E-state index >= 15 is 0 Å². The summed E-state index contributed by atoms with van der Waals surface area (Å²) < 4.78 is 5.56. The number of fused-ring (bicyclic) bond motifs is 1. The lowest BCUT2D eigenvalue weighted by molar-refractivity contribution is 0.0916. The molecule has 2 aliphatic heterocycles. The maximum atomic E-state index is 13.3. The number of carbonyl (C=O) groups is 1. The summed E-state index contributed by atoms with van der Waals surface area (Å²) in [7, 11) is 0. The first-order chi connectivity index (χ1) is 19.2. The van der Waals surface area contributed by atoms with Crippen molar-refractivity contribution >= 4 is 23.4 Å². The van der Waals surface area contributed by atoms with Crippen molar-refractivity contribution in [1.82, 2.24) is 20.3 Å².